The molecular formula is C28H21F4N5O. The maximum absolute atomic E-state index is 14.2. The molecule has 6 rings (SSSR count). The summed E-state index contributed by atoms with van der Waals surface area (Å²) < 4.78 is 58.1. The minimum atomic E-state index is -4.79. The van der Waals surface area contributed by atoms with Gasteiger partial charge in [-0.25, -0.2) is 9.37 Å². The Morgan fingerprint density at radius 3 is 2.47 bits per heavy atom. The number of rotatable bonds is 5. The molecule has 1 aromatic heterocycles. The summed E-state index contributed by atoms with van der Waals surface area (Å²) in [6.07, 6.45) is -1.06. The fourth-order valence-electron chi connectivity index (χ4n) is 4.25. The fourth-order valence-corrected chi connectivity index (χ4v) is 4.25. The van der Waals surface area contributed by atoms with Gasteiger partial charge in [0.1, 0.15) is 11.6 Å². The van der Waals surface area contributed by atoms with Crippen molar-refractivity contribution in [2.24, 2.45) is 4.99 Å². The third-order valence-corrected chi connectivity index (χ3v) is 6.14. The van der Waals surface area contributed by atoms with Crippen molar-refractivity contribution in [3.05, 3.63) is 89.8 Å². The van der Waals surface area contributed by atoms with Crippen molar-refractivity contribution in [2.75, 3.05) is 5.32 Å². The van der Waals surface area contributed by atoms with Crippen molar-refractivity contribution in [1.29, 1.82) is 0 Å². The number of hydrogen-bond donors (Lipinski definition) is 1. The number of aromatic nitrogens is 3. The number of aryl methyl sites for hydroxylation is 1. The topological polar surface area (TPSA) is 64.3 Å². The van der Waals surface area contributed by atoms with Crippen molar-refractivity contribution in [2.45, 2.75) is 32.2 Å². The van der Waals surface area contributed by atoms with E-state index in [4.69, 9.17) is 9.98 Å². The SMILES string of the molecule is Cc1ccc(Nc2cc3nc4cc(F)ccc4n(-c4ccc(OC(F)(F)F)cc4)c-3cc2=NC2CC2)cn1. The van der Waals surface area contributed by atoms with Crippen LogP contribution in [0.25, 0.3) is 28.1 Å². The van der Waals surface area contributed by atoms with Crippen molar-refractivity contribution in [3.63, 3.8) is 0 Å². The molecule has 1 aliphatic heterocycles. The van der Waals surface area contributed by atoms with E-state index in [2.05, 4.69) is 15.0 Å². The lowest BCUT2D eigenvalue weighted by molar-refractivity contribution is -0.274. The average molecular weight is 520 g/mol. The molecule has 2 aliphatic carbocycles. The Labute approximate surface area is 214 Å². The fraction of sp³-hybridized carbons (Fsp3) is 0.179. The van der Waals surface area contributed by atoms with Crippen LogP contribution in [-0.4, -0.2) is 26.9 Å². The van der Waals surface area contributed by atoms with E-state index in [1.807, 2.05) is 35.8 Å². The van der Waals surface area contributed by atoms with Crippen LogP contribution in [0.3, 0.4) is 0 Å². The molecule has 38 heavy (non-hydrogen) atoms. The Bertz CT molecular complexity index is 1670. The zero-order valence-electron chi connectivity index (χ0n) is 20.1. The van der Waals surface area contributed by atoms with E-state index in [0.29, 0.717) is 28.1 Å². The molecule has 3 aliphatic rings. The van der Waals surface area contributed by atoms with E-state index in [-0.39, 0.29) is 11.8 Å². The standard InChI is InChI=1S/C28H21F4N5O/c1-16-2-4-19(15-33-16)35-22-13-25-27(14-23(22)34-18-5-6-18)37(26-11-3-17(29)12-24(26)36-25)20-7-9-21(10-8-20)38-28(30,31)32/h2-4,7-15,18,35H,5-6H2,1H3. The van der Waals surface area contributed by atoms with Crippen LogP contribution >= 0.6 is 0 Å². The second-order valence-electron chi connectivity index (χ2n) is 9.15. The van der Waals surface area contributed by atoms with E-state index in [1.54, 1.807) is 12.3 Å². The molecule has 2 aromatic carbocycles. The van der Waals surface area contributed by atoms with Gasteiger partial charge in [-0.2, -0.15) is 0 Å². The summed E-state index contributed by atoms with van der Waals surface area (Å²) in [5, 5.41) is 4.09. The summed E-state index contributed by atoms with van der Waals surface area (Å²) in [7, 11) is 0. The minimum Gasteiger partial charge on any atom is -0.406 e. The van der Waals surface area contributed by atoms with Gasteiger partial charge in [0.05, 0.1) is 51.4 Å². The van der Waals surface area contributed by atoms with E-state index in [0.717, 1.165) is 35.3 Å². The molecule has 192 valence electrons. The molecule has 1 fully saturated rings. The molecule has 6 nitrogen and oxygen atoms in total. The predicted octanol–water partition coefficient (Wildman–Crippen LogP) is 6.68. The summed E-state index contributed by atoms with van der Waals surface area (Å²) in [5.41, 5.74) is 5.15. The Morgan fingerprint density at radius 1 is 1.00 bits per heavy atom. The van der Waals surface area contributed by atoms with Gasteiger partial charge in [-0.1, -0.05) is 0 Å². The van der Waals surface area contributed by atoms with E-state index < -0.39 is 12.2 Å². The van der Waals surface area contributed by atoms with Gasteiger partial charge in [0, 0.05) is 17.4 Å². The molecular weight excluding hydrogens is 498 g/mol. The molecule has 2 heterocycles. The van der Waals surface area contributed by atoms with Gasteiger partial charge in [-0.3, -0.25) is 9.98 Å². The summed E-state index contributed by atoms with van der Waals surface area (Å²) in [4.78, 5) is 13.9. The number of ether oxygens (including phenoxy) is 1. The number of nitrogens with zero attached hydrogens (tertiary/aromatic N) is 4. The van der Waals surface area contributed by atoms with Crippen molar-refractivity contribution in [1.82, 2.24) is 14.5 Å². The van der Waals surface area contributed by atoms with Crippen LogP contribution in [0, 0.1) is 12.7 Å². The molecule has 0 amide bonds. The summed E-state index contributed by atoms with van der Waals surface area (Å²) in [5.74, 6) is -0.785. The lowest BCUT2D eigenvalue weighted by Gasteiger charge is -2.20. The van der Waals surface area contributed by atoms with Crippen molar-refractivity contribution < 1.29 is 22.3 Å². The second-order valence-corrected chi connectivity index (χ2v) is 9.15. The van der Waals surface area contributed by atoms with E-state index in [1.165, 1.54) is 36.4 Å². The van der Waals surface area contributed by atoms with Crippen LogP contribution < -0.4 is 15.4 Å². The zero-order valence-corrected chi connectivity index (χ0v) is 20.1. The summed E-state index contributed by atoms with van der Waals surface area (Å²) in [6, 6.07) is 17.5. The highest BCUT2D eigenvalue weighted by Crippen LogP contribution is 2.33. The average Bonchev–Trinajstić information content (AvgIpc) is 3.68. The number of alkyl halides is 3. The van der Waals surface area contributed by atoms with Crippen LogP contribution in [-0.2, 0) is 0 Å². The quantitative estimate of drug-likeness (QED) is 0.208. The predicted molar refractivity (Wildman–Crippen MR) is 135 cm³/mol. The highest BCUT2D eigenvalue weighted by molar-refractivity contribution is 5.84. The van der Waals surface area contributed by atoms with E-state index >= 15 is 0 Å². The molecule has 0 unspecified atom stereocenters. The largest absolute Gasteiger partial charge is 0.573 e. The maximum Gasteiger partial charge on any atom is 0.573 e. The van der Waals surface area contributed by atoms with Gasteiger partial charge in [-0.05, 0) is 80.4 Å². The molecule has 0 saturated heterocycles. The van der Waals surface area contributed by atoms with Gasteiger partial charge in [0.15, 0.2) is 0 Å². The number of benzene rings is 3. The van der Waals surface area contributed by atoms with Crippen LogP contribution in [0.2, 0.25) is 0 Å². The lowest BCUT2D eigenvalue weighted by Crippen LogP contribution is -2.17. The van der Waals surface area contributed by atoms with E-state index in [9.17, 15) is 17.6 Å². The number of nitrogens with one attached hydrogen (secondary N) is 1. The molecule has 1 N–H and O–H groups in total. The van der Waals surface area contributed by atoms with Crippen molar-refractivity contribution >= 4 is 22.4 Å². The van der Waals surface area contributed by atoms with Gasteiger partial charge in [0.25, 0.3) is 0 Å². The van der Waals surface area contributed by atoms with Gasteiger partial charge in [0.2, 0.25) is 0 Å². The number of anilines is 2. The molecule has 0 bridgehead atoms. The Morgan fingerprint density at radius 2 is 1.79 bits per heavy atom. The smallest absolute Gasteiger partial charge is 0.406 e. The molecule has 0 radical (unpaired) electrons. The van der Waals surface area contributed by atoms with Gasteiger partial charge < -0.3 is 14.6 Å². The van der Waals surface area contributed by atoms with Crippen LogP contribution in [0.4, 0.5) is 28.9 Å². The number of pyridine rings is 1. The Balaban J connectivity index is 1.56. The highest BCUT2D eigenvalue weighted by Gasteiger charge is 2.31. The molecule has 1 saturated carbocycles. The Hall–Kier alpha value is -4.47. The second kappa shape index (κ2) is 9.13. The monoisotopic (exact) mass is 519 g/mol. The highest BCUT2D eigenvalue weighted by atomic mass is 19.4. The van der Waals surface area contributed by atoms with Crippen LogP contribution in [0.15, 0.2) is 77.9 Å². The third kappa shape index (κ3) is 5.02. The molecule has 0 atom stereocenters. The number of hydrogen-bond acceptors (Lipinski definition) is 5. The summed E-state index contributed by atoms with van der Waals surface area (Å²) >= 11 is 0. The maximum atomic E-state index is 14.2. The summed E-state index contributed by atoms with van der Waals surface area (Å²) in [6.45, 7) is 1.91. The van der Waals surface area contributed by atoms with Gasteiger partial charge >= 0.3 is 6.36 Å². The molecule has 0 spiro atoms. The van der Waals surface area contributed by atoms with Gasteiger partial charge in [-0.15, -0.1) is 13.2 Å². The lowest BCUT2D eigenvalue weighted by atomic mass is 10.1. The first kappa shape index (κ1) is 23.9. The zero-order chi connectivity index (χ0) is 26.4. The molecule has 3 aromatic rings. The number of halogens is 4. The molecule has 10 heteroatoms. The number of fused-ring (bicyclic) bond motifs is 2. The first-order valence-corrected chi connectivity index (χ1v) is 12.0. The minimum absolute atomic E-state index is 0.221. The van der Waals surface area contributed by atoms with Crippen LogP contribution in [0.5, 0.6) is 5.75 Å². The van der Waals surface area contributed by atoms with Crippen molar-refractivity contribution in [3.8, 4) is 22.8 Å². The first-order chi connectivity index (χ1) is 18.2. The Kier molecular flexibility index (Phi) is 5.74. The third-order valence-electron chi connectivity index (χ3n) is 6.14. The first-order valence-electron chi connectivity index (χ1n) is 12.0. The van der Waals surface area contributed by atoms with Crippen LogP contribution in [0.1, 0.15) is 18.5 Å². The normalized spacial score (nSPS) is 14.3.